The second-order valence-electron chi connectivity index (χ2n) is 5.74. The molecule has 0 spiro atoms. The number of aromatic nitrogens is 3. The van der Waals surface area contributed by atoms with Crippen molar-refractivity contribution in [3.63, 3.8) is 0 Å². The lowest BCUT2D eigenvalue weighted by atomic mass is 10.2. The summed E-state index contributed by atoms with van der Waals surface area (Å²) in [6.45, 7) is 0. The maximum absolute atomic E-state index is 13.0. The average molecular weight is 434 g/mol. The number of thiazole rings is 1. The maximum Gasteiger partial charge on any atom is 0.286 e. The molecule has 4 nitrogen and oxygen atoms in total. The normalized spacial score (nSPS) is 11.2. The molecule has 0 amide bonds. The van der Waals surface area contributed by atoms with Crippen LogP contribution in [0.2, 0.25) is 10.0 Å². The molecule has 0 N–H and O–H groups in total. The van der Waals surface area contributed by atoms with Crippen LogP contribution in [0, 0.1) is 0 Å². The molecule has 0 bridgehead atoms. The second kappa shape index (κ2) is 8.02. The lowest BCUT2D eigenvalue weighted by Crippen LogP contribution is -2.21. The Morgan fingerprint density at radius 3 is 2.37 bits per heavy atom. The topological polar surface area (TPSA) is 47.8 Å². The molecule has 0 atom stereocenters. The minimum absolute atomic E-state index is 0.169. The van der Waals surface area contributed by atoms with Gasteiger partial charge in [0.1, 0.15) is 0 Å². The largest absolute Gasteiger partial charge is 0.286 e. The molecule has 2 aromatic heterocycles. The summed E-state index contributed by atoms with van der Waals surface area (Å²) < 4.78 is 1.60. The van der Waals surface area contributed by atoms with Gasteiger partial charge in [0.2, 0.25) is 0 Å². The van der Waals surface area contributed by atoms with E-state index < -0.39 is 0 Å². The van der Waals surface area contributed by atoms with E-state index in [-0.39, 0.29) is 5.56 Å². The molecule has 4 aromatic rings. The van der Waals surface area contributed by atoms with Gasteiger partial charge in [-0.05, 0) is 48.4 Å². The first-order chi connectivity index (χ1) is 13.1. The van der Waals surface area contributed by atoms with Gasteiger partial charge in [-0.1, -0.05) is 47.1 Å². The van der Waals surface area contributed by atoms with Crippen LogP contribution in [0.5, 0.6) is 0 Å². The Morgan fingerprint density at radius 2 is 1.67 bits per heavy atom. The number of thioether (sulfide) groups is 1. The van der Waals surface area contributed by atoms with Crippen molar-refractivity contribution in [2.24, 2.45) is 0 Å². The van der Waals surface area contributed by atoms with Gasteiger partial charge in [0, 0.05) is 15.8 Å². The molecule has 2 heterocycles. The van der Waals surface area contributed by atoms with E-state index in [1.165, 1.54) is 16.9 Å². The summed E-state index contributed by atoms with van der Waals surface area (Å²) in [7, 11) is 0. The van der Waals surface area contributed by atoms with Crippen molar-refractivity contribution >= 4 is 56.6 Å². The van der Waals surface area contributed by atoms with Gasteiger partial charge in [-0.3, -0.25) is 9.36 Å². The summed E-state index contributed by atoms with van der Waals surface area (Å²) in [5.74, 6) is 0.784. The number of benzene rings is 2. The molecule has 4 rings (SSSR count). The number of rotatable bonds is 5. The number of hydrogen-bond donors (Lipinski definition) is 0. The Morgan fingerprint density at radius 1 is 1.00 bits per heavy atom. The van der Waals surface area contributed by atoms with Crippen LogP contribution in [-0.2, 0) is 6.42 Å². The Hall–Kier alpha value is -1.86. The summed E-state index contributed by atoms with van der Waals surface area (Å²) in [6.07, 6.45) is 0.846. The summed E-state index contributed by atoms with van der Waals surface area (Å²) in [5.41, 5.74) is 3.77. The predicted octanol–water partition coefficient (Wildman–Crippen LogP) is 5.48. The lowest BCUT2D eigenvalue weighted by molar-refractivity contribution is 0.819. The van der Waals surface area contributed by atoms with E-state index in [0.717, 1.165) is 22.9 Å². The van der Waals surface area contributed by atoms with Crippen LogP contribution in [0.25, 0.3) is 16.0 Å². The Kier molecular flexibility index (Phi) is 5.50. The van der Waals surface area contributed by atoms with E-state index in [1.54, 1.807) is 34.0 Å². The third-order valence-electron chi connectivity index (χ3n) is 3.96. The minimum atomic E-state index is -0.169. The fourth-order valence-corrected chi connectivity index (χ4v) is 4.57. The summed E-state index contributed by atoms with van der Waals surface area (Å²) >= 11 is 14.8. The van der Waals surface area contributed by atoms with Gasteiger partial charge >= 0.3 is 0 Å². The number of aryl methyl sites for hydroxylation is 1. The van der Waals surface area contributed by atoms with Crippen molar-refractivity contribution in [1.82, 2.24) is 14.5 Å². The molecule has 136 valence electrons. The van der Waals surface area contributed by atoms with E-state index >= 15 is 0 Å². The van der Waals surface area contributed by atoms with Gasteiger partial charge in [0.15, 0.2) is 15.5 Å². The van der Waals surface area contributed by atoms with E-state index in [4.69, 9.17) is 23.2 Å². The van der Waals surface area contributed by atoms with Crippen LogP contribution in [0.4, 0.5) is 0 Å². The molecule has 0 aliphatic carbocycles. The quantitative estimate of drug-likeness (QED) is 0.308. The van der Waals surface area contributed by atoms with Crippen LogP contribution >= 0.6 is 46.3 Å². The highest BCUT2D eigenvalue weighted by Crippen LogP contribution is 2.24. The van der Waals surface area contributed by atoms with Crippen molar-refractivity contribution in [2.45, 2.75) is 11.6 Å². The third kappa shape index (κ3) is 4.04. The zero-order valence-electron chi connectivity index (χ0n) is 13.9. The molecule has 0 unspecified atom stereocenters. The first-order valence-corrected chi connectivity index (χ1v) is 10.7. The summed E-state index contributed by atoms with van der Waals surface area (Å²) in [4.78, 5) is 22.5. The van der Waals surface area contributed by atoms with Gasteiger partial charge in [-0.25, -0.2) is 9.97 Å². The molecule has 0 aliphatic rings. The van der Waals surface area contributed by atoms with Crippen molar-refractivity contribution in [1.29, 1.82) is 0 Å². The van der Waals surface area contributed by atoms with E-state index in [0.29, 0.717) is 20.5 Å². The molecule has 2 aromatic carbocycles. The molecule has 0 radical (unpaired) electrons. The highest BCUT2D eigenvalue weighted by Gasteiger charge is 2.15. The maximum atomic E-state index is 13.0. The predicted molar refractivity (Wildman–Crippen MR) is 114 cm³/mol. The average Bonchev–Trinajstić information content (AvgIpc) is 3.14. The number of hydrogen-bond acceptors (Lipinski definition) is 5. The fourth-order valence-electron chi connectivity index (χ4n) is 2.62. The van der Waals surface area contributed by atoms with Gasteiger partial charge < -0.3 is 0 Å². The first-order valence-electron chi connectivity index (χ1n) is 8.11. The first kappa shape index (κ1) is 18.5. The molecule has 0 saturated heterocycles. The zero-order chi connectivity index (χ0) is 18.8. The summed E-state index contributed by atoms with van der Waals surface area (Å²) in [6, 6.07) is 14.9. The highest BCUT2D eigenvalue weighted by molar-refractivity contribution is 7.99. The minimum Gasteiger partial charge on any atom is -0.266 e. The van der Waals surface area contributed by atoms with Crippen LogP contribution in [0.15, 0.2) is 64.0 Å². The fraction of sp³-hybridized carbons (Fsp3) is 0.105. The lowest BCUT2D eigenvalue weighted by Gasteiger charge is -2.12. The number of fused-ring (bicyclic) bond motifs is 1. The highest BCUT2D eigenvalue weighted by atomic mass is 35.5. The van der Waals surface area contributed by atoms with Crippen molar-refractivity contribution < 1.29 is 0 Å². The van der Waals surface area contributed by atoms with Crippen LogP contribution in [0.1, 0.15) is 5.56 Å². The van der Waals surface area contributed by atoms with Crippen molar-refractivity contribution in [2.75, 3.05) is 5.75 Å². The molecule has 0 fully saturated rings. The van der Waals surface area contributed by atoms with Crippen molar-refractivity contribution in [3.8, 4) is 5.69 Å². The smallest absolute Gasteiger partial charge is 0.266 e. The van der Waals surface area contributed by atoms with Gasteiger partial charge in [-0.2, -0.15) is 0 Å². The number of nitrogens with zero attached hydrogens (tertiary/aromatic N) is 3. The second-order valence-corrected chi connectivity index (χ2v) is 8.51. The van der Waals surface area contributed by atoms with Crippen LogP contribution in [-0.4, -0.2) is 20.3 Å². The molecule has 0 saturated carbocycles. The molecule has 8 heteroatoms. The van der Waals surface area contributed by atoms with Crippen molar-refractivity contribution in [3.05, 3.63) is 80.0 Å². The van der Waals surface area contributed by atoms with E-state index in [1.807, 2.05) is 36.4 Å². The Bertz CT molecular complexity index is 1140. The molecule has 27 heavy (non-hydrogen) atoms. The van der Waals surface area contributed by atoms with Gasteiger partial charge in [-0.15, -0.1) is 11.3 Å². The SMILES string of the molecule is O=c1c2ncsc2nc(SCCc2ccc(Cl)cc2)n1-c1ccc(Cl)cc1. The number of halogens is 2. The van der Waals surface area contributed by atoms with Gasteiger partial charge in [0.05, 0.1) is 11.2 Å². The standard InChI is InChI=1S/C19H13Cl2N3OS2/c20-13-3-1-12(2-4-13)9-10-26-19-23-17-16(22-11-27-17)18(25)24(19)15-7-5-14(21)6-8-15/h1-8,11H,9-10H2. The summed E-state index contributed by atoms with van der Waals surface area (Å²) in [5, 5.41) is 1.99. The van der Waals surface area contributed by atoms with Crippen LogP contribution in [0.3, 0.4) is 0 Å². The Balaban J connectivity index is 1.68. The third-order valence-corrected chi connectivity index (χ3v) is 6.13. The van der Waals surface area contributed by atoms with E-state index in [2.05, 4.69) is 9.97 Å². The molecular weight excluding hydrogens is 421 g/mol. The van der Waals surface area contributed by atoms with Gasteiger partial charge in [0.25, 0.3) is 5.56 Å². The zero-order valence-corrected chi connectivity index (χ0v) is 17.1. The molecular formula is C19H13Cl2N3OS2. The Labute approximate surface area is 173 Å². The monoisotopic (exact) mass is 433 g/mol. The van der Waals surface area contributed by atoms with E-state index in [9.17, 15) is 4.79 Å². The van der Waals surface area contributed by atoms with Crippen LogP contribution < -0.4 is 5.56 Å². The molecule has 0 aliphatic heterocycles.